The number of aliphatic imine (C=N–C) groups is 1. The van der Waals surface area contributed by atoms with E-state index < -0.39 is 11.6 Å². The van der Waals surface area contributed by atoms with E-state index in [4.69, 9.17) is 11.6 Å². The van der Waals surface area contributed by atoms with Gasteiger partial charge < -0.3 is 10.6 Å². The zero-order valence-corrected chi connectivity index (χ0v) is 15.6. The maximum atomic E-state index is 14.2. The summed E-state index contributed by atoms with van der Waals surface area (Å²) in [6, 6.07) is 10.3. The molecule has 0 bridgehead atoms. The Hall–Kier alpha value is -1.79. The summed E-state index contributed by atoms with van der Waals surface area (Å²) >= 11 is 7.70. The topological polar surface area (TPSA) is 36.4 Å². The third-order valence-corrected chi connectivity index (χ3v) is 6.17. The summed E-state index contributed by atoms with van der Waals surface area (Å²) < 4.78 is 28.3. The van der Waals surface area contributed by atoms with Crippen LogP contribution in [0.4, 0.5) is 20.2 Å². The summed E-state index contributed by atoms with van der Waals surface area (Å²) in [6.07, 6.45) is 1.80. The Morgan fingerprint density at radius 3 is 2.58 bits per heavy atom. The van der Waals surface area contributed by atoms with Crippen LogP contribution in [-0.4, -0.2) is 22.9 Å². The highest BCUT2D eigenvalue weighted by Crippen LogP contribution is 2.38. The molecule has 7 heteroatoms. The third-order valence-electron chi connectivity index (χ3n) is 4.89. The Morgan fingerprint density at radius 1 is 1.08 bits per heavy atom. The van der Waals surface area contributed by atoms with E-state index in [1.165, 1.54) is 12.1 Å². The quantitative estimate of drug-likeness (QED) is 0.678. The number of hydrogen-bond acceptors (Lipinski definition) is 3. The number of anilines is 2. The van der Waals surface area contributed by atoms with E-state index in [9.17, 15) is 8.78 Å². The maximum absolute atomic E-state index is 14.2. The van der Waals surface area contributed by atoms with Crippen molar-refractivity contribution < 1.29 is 8.78 Å². The van der Waals surface area contributed by atoms with Gasteiger partial charge in [-0.15, -0.1) is 0 Å². The number of thioether (sulfide) groups is 1. The second kappa shape index (κ2) is 7.08. The van der Waals surface area contributed by atoms with Gasteiger partial charge in [0.05, 0.1) is 28.5 Å². The monoisotopic (exact) mass is 393 g/mol. The Kier molecular flexibility index (Phi) is 4.80. The molecule has 0 radical (unpaired) electrons. The standard InChI is InChI=1S/C19H18ClF2N3S/c20-13-5-6-14(21)12(17(13)22)11-23-18-19(7-9-26-10-8-19)25-16-4-2-1-3-15(16)24-18/h1-6,25H,7-11H2,(H,23,24). The molecule has 0 unspecified atom stereocenters. The molecule has 2 heterocycles. The van der Waals surface area contributed by atoms with Gasteiger partial charge in [-0.25, -0.2) is 8.78 Å². The molecule has 1 fully saturated rings. The number of nitrogens with one attached hydrogen (secondary N) is 2. The average molecular weight is 394 g/mol. The number of amidine groups is 1. The SMILES string of the molecule is Fc1ccc(Cl)c(F)c1CN=C1Nc2ccccc2NC12CCSCC2. The van der Waals surface area contributed by atoms with Crippen molar-refractivity contribution in [2.45, 2.75) is 24.9 Å². The predicted molar refractivity (Wildman–Crippen MR) is 105 cm³/mol. The number of rotatable bonds is 2. The number of fused-ring (bicyclic) bond motifs is 1. The third kappa shape index (κ3) is 3.16. The summed E-state index contributed by atoms with van der Waals surface area (Å²) in [5.74, 6) is 1.38. The molecule has 2 aromatic rings. The molecular weight excluding hydrogens is 376 g/mol. The second-order valence-corrected chi connectivity index (χ2v) is 8.11. The predicted octanol–water partition coefficient (Wildman–Crippen LogP) is 5.32. The highest BCUT2D eigenvalue weighted by atomic mass is 35.5. The molecule has 2 N–H and O–H groups in total. The van der Waals surface area contributed by atoms with Crippen LogP contribution >= 0.6 is 23.4 Å². The largest absolute Gasteiger partial charge is 0.371 e. The van der Waals surface area contributed by atoms with Gasteiger partial charge in [-0.1, -0.05) is 23.7 Å². The van der Waals surface area contributed by atoms with Crippen LogP contribution in [0, 0.1) is 11.6 Å². The van der Waals surface area contributed by atoms with Crippen molar-refractivity contribution >= 4 is 40.6 Å². The molecule has 1 spiro atoms. The minimum Gasteiger partial charge on any atom is -0.371 e. The minimum atomic E-state index is -0.742. The van der Waals surface area contributed by atoms with Crippen molar-refractivity contribution in [2.24, 2.45) is 4.99 Å². The first-order valence-corrected chi connectivity index (χ1v) is 10.0. The Labute approximate surface area is 160 Å². The fraction of sp³-hybridized carbons (Fsp3) is 0.316. The molecule has 136 valence electrons. The van der Waals surface area contributed by atoms with Crippen LogP contribution < -0.4 is 10.6 Å². The van der Waals surface area contributed by atoms with Gasteiger partial charge >= 0.3 is 0 Å². The number of halogens is 3. The van der Waals surface area contributed by atoms with Gasteiger partial charge in [0.1, 0.15) is 17.5 Å². The summed E-state index contributed by atoms with van der Waals surface area (Å²) in [5, 5.41) is 6.91. The first kappa shape index (κ1) is 17.6. The zero-order chi connectivity index (χ0) is 18.1. The van der Waals surface area contributed by atoms with Gasteiger partial charge in [-0.2, -0.15) is 11.8 Å². The first-order chi connectivity index (χ1) is 12.6. The van der Waals surface area contributed by atoms with Crippen LogP contribution in [0.3, 0.4) is 0 Å². The first-order valence-electron chi connectivity index (χ1n) is 8.48. The Bertz CT molecular complexity index is 866. The van der Waals surface area contributed by atoms with E-state index in [-0.39, 0.29) is 22.7 Å². The van der Waals surface area contributed by atoms with Crippen molar-refractivity contribution in [1.29, 1.82) is 0 Å². The molecule has 0 aliphatic carbocycles. The van der Waals surface area contributed by atoms with Gasteiger partial charge in [0.25, 0.3) is 0 Å². The summed E-state index contributed by atoms with van der Waals surface area (Å²) in [6.45, 7) is -0.0979. The molecule has 0 atom stereocenters. The maximum Gasteiger partial charge on any atom is 0.149 e. The summed E-state index contributed by atoms with van der Waals surface area (Å²) in [5.41, 5.74) is 1.51. The molecule has 3 nitrogen and oxygen atoms in total. The number of benzene rings is 2. The smallest absolute Gasteiger partial charge is 0.149 e. The molecule has 4 rings (SSSR count). The highest BCUT2D eigenvalue weighted by molar-refractivity contribution is 7.99. The van der Waals surface area contributed by atoms with Crippen LogP contribution in [0.1, 0.15) is 18.4 Å². The van der Waals surface area contributed by atoms with Gasteiger partial charge in [0.2, 0.25) is 0 Å². The number of para-hydroxylation sites is 2. The van der Waals surface area contributed by atoms with E-state index in [0.29, 0.717) is 0 Å². The van der Waals surface area contributed by atoms with Crippen LogP contribution in [0.15, 0.2) is 41.4 Å². The molecule has 1 saturated heterocycles. The number of nitrogens with zero attached hydrogens (tertiary/aromatic N) is 1. The van der Waals surface area contributed by atoms with Crippen molar-refractivity contribution in [3.8, 4) is 0 Å². The molecule has 2 aromatic carbocycles. The van der Waals surface area contributed by atoms with Crippen molar-refractivity contribution in [3.05, 3.63) is 58.6 Å². The molecule has 26 heavy (non-hydrogen) atoms. The van der Waals surface area contributed by atoms with Gasteiger partial charge in [0.15, 0.2) is 0 Å². The van der Waals surface area contributed by atoms with Gasteiger partial charge in [0, 0.05) is 5.56 Å². The van der Waals surface area contributed by atoms with Crippen molar-refractivity contribution in [1.82, 2.24) is 0 Å². The van der Waals surface area contributed by atoms with E-state index in [1.54, 1.807) is 0 Å². The fourth-order valence-corrected chi connectivity index (χ4v) is 4.78. The lowest BCUT2D eigenvalue weighted by Gasteiger charge is -2.43. The molecule has 0 amide bonds. The highest BCUT2D eigenvalue weighted by Gasteiger charge is 2.41. The Morgan fingerprint density at radius 2 is 1.81 bits per heavy atom. The second-order valence-electron chi connectivity index (χ2n) is 6.48. The molecule has 0 aromatic heterocycles. The minimum absolute atomic E-state index is 0.0922. The molecular formula is C19H18ClF2N3S. The van der Waals surface area contributed by atoms with Gasteiger partial charge in [-0.05, 0) is 48.6 Å². The summed E-state index contributed by atoms with van der Waals surface area (Å²) in [4.78, 5) is 4.59. The van der Waals surface area contributed by atoms with Crippen LogP contribution in [0.2, 0.25) is 5.02 Å². The van der Waals surface area contributed by atoms with Crippen molar-refractivity contribution in [2.75, 3.05) is 22.1 Å². The molecule has 0 saturated carbocycles. The average Bonchev–Trinajstić information content (AvgIpc) is 2.66. The lowest BCUT2D eigenvalue weighted by Crippen LogP contribution is -2.54. The lowest BCUT2D eigenvalue weighted by atomic mass is 9.87. The van der Waals surface area contributed by atoms with Crippen LogP contribution in [0.25, 0.3) is 0 Å². The van der Waals surface area contributed by atoms with E-state index in [1.807, 2.05) is 36.0 Å². The number of hydrogen-bond donors (Lipinski definition) is 2. The normalized spacial score (nSPS) is 19.7. The lowest BCUT2D eigenvalue weighted by molar-refractivity contribution is 0.548. The van der Waals surface area contributed by atoms with E-state index in [0.717, 1.165) is 41.6 Å². The fourth-order valence-electron chi connectivity index (χ4n) is 3.41. The van der Waals surface area contributed by atoms with E-state index in [2.05, 4.69) is 15.6 Å². The van der Waals surface area contributed by atoms with E-state index >= 15 is 0 Å². The molecule has 2 aliphatic rings. The summed E-state index contributed by atoms with van der Waals surface area (Å²) in [7, 11) is 0. The van der Waals surface area contributed by atoms with Crippen LogP contribution in [-0.2, 0) is 6.54 Å². The van der Waals surface area contributed by atoms with Gasteiger partial charge in [-0.3, -0.25) is 4.99 Å². The zero-order valence-electron chi connectivity index (χ0n) is 14.0. The van der Waals surface area contributed by atoms with Crippen LogP contribution in [0.5, 0.6) is 0 Å². The molecule has 2 aliphatic heterocycles. The Balaban J connectivity index is 1.71. The van der Waals surface area contributed by atoms with Crippen molar-refractivity contribution in [3.63, 3.8) is 0 Å².